The zero-order valence-electron chi connectivity index (χ0n) is 8.92. The Hall–Kier alpha value is -0.970. The molecule has 0 amide bonds. The van der Waals surface area contributed by atoms with Crippen molar-refractivity contribution in [2.75, 3.05) is 0 Å². The fourth-order valence-corrected chi connectivity index (χ4v) is 1.84. The highest BCUT2D eigenvalue weighted by Gasteiger charge is 1.98. The summed E-state index contributed by atoms with van der Waals surface area (Å²) in [5.74, 6) is 0.702. The second-order valence-corrected chi connectivity index (χ2v) is 4.21. The average molecular weight is 290 g/mol. The Morgan fingerprint density at radius 1 is 1.29 bits per heavy atom. The minimum atomic E-state index is 0. The molecule has 0 unspecified atom stereocenters. The van der Waals surface area contributed by atoms with Gasteiger partial charge in [0.25, 0.3) is 0 Å². The lowest BCUT2D eigenvalue weighted by molar-refractivity contribution is 1.31. The number of pyridine rings is 1. The molecular weight excluding hydrogens is 277 g/mol. The number of halogens is 2. The van der Waals surface area contributed by atoms with Crippen molar-refractivity contribution in [2.45, 2.75) is 5.75 Å². The van der Waals surface area contributed by atoms with Crippen molar-refractivity contribution in [3.8, 4) is 0 Å². The van der Waals surface area contributed by atoms with Gasteiger partial charge < -0.3 is 5.73 Å². The van der Waals surface area contributed by atoms with E-state index in [4.69, 9.17) is 11.1 Å². The number of nitrogens with two attached hydrogens (primary N) is 1. The summed E-state index contributed by atoms with van der Waals surface area (Å²) in [7, 11) is 0. The SMILES string of the molecule is Cl.Cl.N=C(N)SCc1cnc2ccccc2c1. The van der Waals surface area contributed by atoms with Gasteiger partial charge in [-0.2, -0.15) is 0 Å². The number of benzene rings is 1. The Labute approximate surface area is 117 Å². The van der Waals surface area contributed by atoms with Crippen molar-refractivity contribution in [3.63, 3.8) is 0 Å². The largest absolute Gasteiger partial charge is 0.379 e. The maximum absolute atomic E-state index is 7.13. The summed E-state index contributed by atoms with van der Waals surface area (Å²) in [6, 6.07) is 10.1. The van der Waals surface area contributed by atoms with Gasteiger partial charge in [-0.05, 0) is 17.7 Å². The van der Waals surface area contributed by atoms with Crippen LogP contribution in [0, 0.1) is 5.41 Å². The van der Waals surface area contributed by atoms with Gasteiger partial charge >= 0.3 is 0 Å². The zero-order valence-corrected chi connectivity index (χ0v) is 11.4. The van der Waals surface area contributed by atoms with Crippen molar-refractivity contribution in [2.24, 2.45) is 5.73 Å². The molecule has 0 saturated carbocycles. The third-order valence-corrected chi connectivity index (χ3v) is 2.83. The van der Waals surface area contributed by atoms with E-state index in [0.717, 1.165) is 16.5 Å². The first-order valence-electron chi connectivity index (χ1n) is 4.56. The Kier molecular flexibility index (Phi) is 6.95. The zero-order chi connectivity index (χ0) is 10.7. The van der Waals surface area contributed by atoms with Crippen molar-refractivity contribution in [3.05, 3.63) is 42.1 Å². The molecule has 0 aliphatic heterocycles. The van der Waals surface area contributed by atoms with Crippen LogP contribution >= 0.6 is 36.6 Å². The highest BCUT2D eigenvalue weighted by atomic mass is 35.5. The molecule has 3 N–H and O–H groups in total. The number of nitrogens with one attached hydrogen (secondary N) is 1. The number of rotatable bonds is 2. The van der Waals surface area contributed by atoms with Crippen LogP contribution in [0.3, 0.4) is 0 Å². The molecule has 2 rings (SSSR count). The van der Waals surface area contributed by atoms with Crippen LogP contribution in [-0.2, 0) is 5.75 Å². The fourth-order valence-electron chi connectivity index (χ4n) is 1.36. The van der Waals surface area contributed by atoms with Gasteiger partial charge in [0, 0.05) is 17.3 Å². The predicted molar refractivity (Wildman–Crippen MR) is 79.4 cm³/mol. The fraction of sp³-hybridized carbons (Fsp3) is 0.0909. The summed E-state index contributed by atoms with van der Waals surface area (Å²) in [6.07, 6.45) is 1.83. The lowest BCUT2D eigenvalue weighted by Gasteiger charge is -2.01. The molecule has 17 heavy (non-hydrogen) atoms. The third-order valence-electron chi connectivity index (χ3n) is 2.04. The molecule has 0 aliphatic rings. The molecule has 1 aromatic carbocycles. The summed E-state index contributed by atoms with van der Waals surface area (Å²) in [5.41, 5.74) is 7.36. The van der Waals surface area contributed by atoms with Crippen LogP contribution in [0.15, 0.2) is 36.5 Å². The van der Waals surface area contributed by atoms with E-state index in [0.29, 0.717) is 5.75 Å². The molecule has 0 radical (unpaired) electrons. The minimum absolute atomic E-state index is 0. The molecule has 1 aromatic heterocycles. The van der Waals surface area contributed by atoms with E-state index in [1.165, 1.54) is 11.8 Å². The van der Waals surface area contributed by atoms with Gasteiger partial charge in [-0.25, -0.2) is 0 Å². The van der Waals surface area contributed by atoms with Crippen molar-refractivity contribution < 1.29 is 0 Å². The van der Waals surface area contributed by atoms with Gasteiger partial charge in [0.2, 0.25) is 0 Å². The summed E-state index contributed by atoms with van der Waals surface area (Å²) < 4.78 is 0. The predicted octanol–water partition coefficient (Wildman–Crippen LogP) is 3.21. The van der Waals surface area contributed by atoms with E-state index in [1.54, 1.807) is 0 Å². The Morgan fingerprint density at radius 3 is 2.71 bits per heavy atom. The van der Waals surface area contributed by atoms with Crippen LogP contribution in [0.25, 0.3) is 10.9 Å². The van der Waals surface area contributed by atoms with Gasteiger partial charge in [0.1, 0.15) is 0 Å². The molecule has 0 spiro atoms. The molecule has 2 aromatic rings. The molecule has 0 bridgehead atoms. The molecule has 0 fully saturated rings. The molecule has 0 aliphatic carbocycles. The summed E-state index contributed by atoms with van der Waals surface area (Å²) in [5, 5.41) is 8.39. The van der Waals surface area contributed by atoms with E-state index in [1.807, 2.05) is 30.5 Å². The van der Waals surface area contributed by atoms with E-state index < -0.39 is 0 Å². The minimum Gasteiger partial charge on any atom is -0.379 e. The maximum Gasteiger partial charge on any atom is 0.151 e. The van der Waals surface area contributed by atoms with E-state index in [9.17, 15) is 0 Å². The smallest absolute Gasteiger partial charge is 0.151 e. The Bertz CT molecular complexity index is 505. The number of fused-ring (bicyclic) bond motifs is 1. The molecule has 92 valence electrons. The van der Waals surface area contributed by atoms with E-state index in [2.05, 4.69) is 11.1 Å². The van der Waals surface area contributed by atoms with Gasteiger partial charge in [-0.1, -0.05) is 30.0 Å². The van der Waals surface area contributed by atoms with E-state index in [-0.39, 0.29) is 30.0 Å². The first-order chi connectivity index (χ1) is 7.25. The summed E-state index contributed by atoms with van der Waals surface area (Å²) >= 11 is 1.31. The number of hydrogen-bond donors (Lipinski definition) is 2. The van der Waals surface area contributed by atoms with E-state index >= 15 is 0 Å². The topological polar surface area (TPSA) is 62.8 Å². The van der Waals surface area contributed by atoms with Gasteiger partial charge in [0.15, 0.2) is 5.17 Å². The van der Waals surface area contributed by atoms with Crippen molar-refractivity contribution >= 4 is 52.6 Å². The standard InChI is InChI=1S/C11H11N3S.2ClH/c12-11(13)15-7-8-5-9-3-1-2-4-10(9)14-6-8;;/h1-6H,7H2,(H3,12,13);2*1H. The third kappa shape index (κ3) is 4.42. The molecule has 6 heteroatoms. The molecule has 0 atom stereocenters. The van der Waals surface area contributed by atoms with Crippen LogP contribution in [0.1, 0.15) is 5.56 Å². The number of thioether (sulfide) groups is 1. The number of aromatic nitrogens is 1. The second kappa shape index (κ2) is 7.37. The number of hydrogen-bond acceptors (Lipinski definition) is 3. The molecular formula is C11H13Cl2N3S. The second-order valence-electron chi connectivity index (χ2n) is 3.19. The normalized spacial score (nSPS) is 9.18. The quantitative estimate of drug-likeness (QED) is 0.659. The van der Waals surface area contributed by atoms with Crippen LogP contribution in [0.4, 0.5) is 0 Å². The average Bonchev–Trinajstić information content (AvgIpc) is 2.26. The van der Waals surface area contributed by atoms with Gasteiger partial charge in [-0.15, -0.1) is 24.8 Å². The van der Waals surface area contributed by atoms with Crippen LogP contribution in [0.5, 0.6) is 0 Å². The van der Waals surface area contributed by atoms with Gasteiger partial charge in [0.05, 0.1) is 5.52 Å². The number of nitrogens with zero attached hydrogens (tertiary/aromatic N) is 1. The van der Waals surface area contributed by atoms with Crippen molar-refractivity contribution in [1.82, 2.24) is 4.98 Å². The summed E-state index contributed by atoms with van der Waals surface area (Å²) in [6.45, 7) is 0. The van der Waals surface area contributed by atoms with Crippen LogP contribution < -0.4 is 5.73 Å². The molecule has 0 saturated heterocycles. The lowest BCUT2D eigenvalue weighted by atomic mass is 10.2. The highest BCUT2D eigenvalue weighted by molar-refractivity contribution is 8.13. The first kappa shape index (κ1) is 16.0. The van der Waals surface area contributed by atoms with Crippen LogP contribution in [0.2, 0.25) is 0 Å². The Morgan fingerprint density at radius 2 is 2.00 bits per heavy atom. The Balaban J connectivity index is 0.00000128. The maximum atomic E-state index is 7.13. The first-order valence-corrected chi connectivity index (χ1v) is 5.55. The molecule has 3 nitrogen and oxygen atoms in total. The summed E-state index contributed by atoms with van der Waals surface area (Å²) in [4.78, 5) is 4.33. The number of para-hydroxylation sites is 1. The number of amidine groups is 1. The highest BCUT2D eigenvalue weighted by Crippen LogP contribution is 2.16. The van der Waals surface area contributed by atoms with Crippen LogP contribution in [-0.4, -0.2) is 10.2 Å². The van der Waals surface area contributed by atoms with Gasteiger partial charge in [-0.3, -0.25) is 10.4 Å². The van der Waals surface area contributed by atoms with Crippen molar-refractivity contribution in [1.29, 1.82) is 5.41 Å². The molecule has 1 heterocycles. The monoisotopic (exact) mass is 289 g/mol. The lowest BCUT2D eigenvalue weighted by Crippen LogP contribution is -2.03.